The lowest BCUT2D eigenvalue weighted by Gasteiger charge is -2.42. The molecule has 108 valence electrons. The number of para-hydroxylation sites is 1. The van der Waals surface area contributed by atoms with Gasteiger partial charge < -0.3 is 5.01 Å². The second-order valence-corrected chi connectivity index (χ2v) is 6.26. The van der Waals surface area contributed by atoms with Crippen molar-refractivity contribution in [1.29, 1.82) is 0 Å². The lowest BCUT2D eigenvalue weighted by molar-refractivity contribution is 0.337. The van der Waals surface area contributed by atoms with Crippen molar-refractivity contribution in [3.8, 4) is 0 Å². The summed E-state index contributed by atoms with van der Waals surface area (Å²) in [6.07, 6.45) is 3.68. The van der Waals surface area contributed by atoms with Crippen LogP contribution in [0.3, 0.4) is 0 Å². The van der Waals surface area contributed by atoms with Crippen LogP contribution in [0.2, 0.25) is 5.02 Å². The average molecular weight is 312 g/mol. The third kappa shape index (κ3) is 2.17. The van der Waals surface area contributed by atoms with E-state index in [1.54, 1.807) is 0 Å². The molecule has 1 aromatic carbocycles. The molecule has 3 rings (SSSR count). The molecular formula is C15H19Cl2N3. The Morgan fingerprint density at radius 3 is 2.60 bits per heavy atom. The number of aromatic nitrogens is 2. The van der Waals surface area contributed by atoms with Crippen LogP contribution in [0.25, 0.3) is 11.0 Å². The highest BCUT2D eigenvalue weighted by molar-refractivity contribution is 6.35. The van der Waals surface area contributed by atoms with Gasteiger partial charge in [-0.1, -0.05) is 17.7 Å². The number of rotatable bonds is 2. The van der Waals surface area contributed by atoms with Gasteiger partial charge in [0.25, 0.3) is 0 Å². The summed E-state index contributed by atoms with van der Waals surface area (Å²) in [4.78, 5) is 4.63. The maximum absolute atomic E-state index is 6.27. The first-order chi connectivity index (χ1) is 9.63. The fourth-order valence-corrected chi connectivity index (χ4v) is 3.63. The van der Waals surface area contributed by atoms with Gasteiger partial charge in [-0.15, -0.1) is 11.6 Å². The number of hydrogen-bond acceptors (Lipinski definition) is 2. The first-order valence-electron chi connectivity index (χ1n) is 7.14. The molecule has 0 radical (unpaired) electrons. The number of halogens is 2. The monoisotopic (exact) mass is 311 g/mol. The van der Waals surface area contributed by atoms with E-state index in [9.17, 15) is 0 Å². The van der Waals surface area contributed by atoms with E-state index in [-0.39, 0.29) is 0 Å². The van der Waals surface area contributed by atoms with Gasteiger partial charge in [-0.3, -0.25) is 0 Å². The number of piperidine rings is 1. The maximum Gasteiger partial charge on any atom is 0.143 e. The van der Waals surface area contributed by atoms with E-state index in [1.165, 1.54) is 19.3 Å². The minimum Gasteiger partial charge on any atom is -0.305 e. The van der Waals surface area contributed by atoms with Gasteiger partial charge in [0.15, 0.2) is 0 Å². The fourth-order valence-electron chi connectivity index (χ4n) is 3.25. The standard InChI is InChI=1S/C15H19Cl2N3/c1-10-5-3-6-11(2)19(10)20-13-8-4-7-12(17)15(13)18-14(20)9-16/h4,7-8,10-11H,3,5-6,9H2,1-2H3. The lowest BCUT2D eigenvalue weighted by Crippen LogP contribution is -2.51. The highest BCUT2D eigenvalue weighted by Gasteiger charge is 2.28. The normalized spacial score (nSPS) is 23.5. The van der Waals surface area contributed by atoms with Crippen LogP contribution in [0.15, 0.2) is 18.2 Å². The molecule has 2 aromatic rings. The molecule has 2 unspecified atom stereocenters. The molecular weight excluding hydrogens is 293 g/mol. The van der Waals surface area contributed by atoms with Crippen LogP contribution in [0, 0.1) is 0 Å². The van der Waals surface area contributed by atoms with Crippen molar-refractivity contribution in [1.82, 2.24) is 9.66 Å². The Kier molecular flexibility index (Phi) is 3.83. The highest BCUT2D eigenvalue weighted by atomic mass is 35.5. The number of alkyl halides is 1. The fraction of sp³-hybridized carbons (Fsp3) is 0.533. The molecule has 3 nitrogen and oxygen atoms in total. The Balaban J connectivity index is 2.21. The molecule has 0 aliphatic carbocycles. The van der Waals surface area contributed by atoms with E-state index in [0.29, 0.717) is 23.0 Å². The van der Waals surface area contributed by atoms with Crippen LogP contribution in [0.1, 0.15) is 38.9 Å². The van der Waals surface area contributed by atoms with E-state index in [4.69, 9.17) is 23.2 Å². The topological polar surface area (TPSA) is 21.1 Å². The van der Waals surface area contributed by atoms with Gasteiger partial charge in [-0.25, -0.2) is 9.66 Å². The Bertz CT molecular complexity index is 613. The molecule has 1 aliphatic heterocycles. The summed E-state index contributed by atoms with van der Waals surface area (Å²) < 4.78 is 2.18. The van der Waals surface area contributed by atoms with Gasteiger partial charge in [0.2, 0.25) is 0 Å². The van der Waals surface area contributed by atoms with E-state index < -0.39 is 0 Å². The molecule has 1 saturated heterocycles. The molecule has 1 fully saturated rings. The van der Waals surface area contributed by atoms with Crippen LogP contribution in [0.4, 0.5) is 0 Å². The van der Waals surface area contributed by atoms with Gasteiger partial charge in [-0.2, -0.15) is 0 Å². The van der Waals surface area contributed by atoms with Crippen LogP contribution in [-0.4, -0.2) is 21.7 Å². The molecule has 2 heterocycles. The Hall–Kier alpha value is -0.930. The summed E-state index contributed by atoms with van der Waals surface area (Å²) in [5.74, 6) is 1.26. The molecule has 0 saturated carbocycles. The summed E-state index contributed by atoms with van der Waals surface area (Å²) in [7, 11) is 0. The van der Waals surface area contributed by atoms with Crippen molar-refractivity contribution < 1.29 is 0 Å². The molecule has 1 aromatic heterocycles. The Morgan fingerprint density at radius 1 is 1.25 bits per heavy atom. The van der Waals surface area contributed by atoms with Gasteiger partial charge in [0.1, 0.15) is 11.3 Å². The molecule has 5 heteroatoms. The van der Waals surface area contributed by atoms with Crippen molar-refractivity contribution in [2.75, 3.05) is 5.01 Å². The van der Waals surface area contributed by atoms with Crippen molar-refractivity contribution in [2.24, 2.45) is 0 Å². The summed E-state index contributed by atoms with van der Waals surface area (Å²) in [6.45, 7) is 4.54. The van der Waals surface area contributed by atoms with Crippen molar-refractivity contribution in [3.63, 3.8) is 0 Å². The van der Waals surface area contributed by atoms with E-state index >= 15 is 0 Å². The zero-order valence-electron chi connectivity index (χ0n) is 11.8. The zero-order valence-corrected chi connectivity index (χ0v) is 13.3. The number of hydrogen-bond donors (Lipinski definition) is 0. The second kappa shape index (κ2) is 5.45. The first kappa shape index (κ1) is 14.0. The van der Waals surface area contributed by atoms with Gasteiger partial charge in [0, 0.05) is 12.1 Å². The lowest BCUT2D eigenvalue weighted by atomic mass is 10.00. The smallest absolute Gasteiger partial charge is 0.143 e. The van der Waals surface area contributed by atoms with Crippen LogP contribution < -0.4 is 5.01 Å². The summed E-state index contributed by atoms with van der Waals surface area (Å²) in [6, 6.07) is 6.88. The first-order valence-corrected chi connectivity index (χ1v) is 8.05. The predicted molar refractivity (Wildman–Crippen MR) is 85.3 cm³/mol. The van der Waals surface area contributed by atoms with Crippen LogP contribution in [-0.2, 0) is 5.88 Å². The minimum absolute atomic E-state index is 0.390. The number of benzene rings is 1. The van der Waals surface area contributed by atoms with E-state index in [0.717, 1.165) is 16.9 Å². The molecule has 1 aliphatic rings. The SMILES string of the molecule is CC1CCCC(C)N1n1c(CCl)nc2c(Cl)cccc21. The molecule has 0 N–H and O–H groups in total. The summed E-state index contributed by atoms with van der Waals surface area (Å²) >= 11 is 12.4. The van der Waals surface area contributed by atoms with E-state index in [1.807, 2.05) is 12.1 Å². The Labute approximate surface area is 129 Å². The quantitative estimate of drug-likeness (QED) is 0.770. The molecule has 20 heavy (non-hydrogen) atoms. The maximum atomic E-state index is 6.27. The predicted octanol–water partition coefficient (Wildman–Crippen LogP) is 4.33. The van der Waals surface area contributed by atoms with Crippen molar-refractivity contribution in [2.45, 2.75) is 51.1 Å². The van der Waals surface area contributed by atoms with Crippen LogP contribution in [0.5, 0.6) is 0 Å². The molecule has 2 atom stereocenters. The van der Waals surface area contributed by atoms with Gasteiger partial charge in [-0.05, 0) is 45.2 Å². The van der Waals surface area contributed by atoms with Crippen molar-refractivity contribution >= 4 is 34.2 Å². The number of imidazole rings is 1. The number of nitrogens with zero attached hydrogens (tertiary/aromatic N) is 3. The van der Waals surface area contributed by atoms with Gasteiger partial charge >= 0.3 is 0 Å². The molecule has 0 amide bonds. The summed E-state index contributed by atoms with van der Waals surface area (Å²) in [5, 5.41) is 3.09. The minimum atomic E-state index is 0.390. The summed E-state index contributed by atoms with van der Waals surface area (Å²) in [5.41, 5.74) is 1.89. The third-order valence-electron chi connectivity index (χ3n) is 4.18. The molecule has 0 bridgehead atoms. The molecule has 0 spiro atoms. The second-order valence-electron chi connectivity index (χ2n) is 5.59. The zero-order chi connectivity index (χ0) is 14.3. The van der Waals surface area contributed by atoms with Crippen LogP contribution >= 0.6 is 23.2 Å². The van der Waals surface area contributed by atoms with E-state index in [2.05, 4.69) is 34.6 Å². The largest absolute Gasteiger partial charge is 0.305 e. The average Bonchev–Trinajstić information content (AvgIpc) is 2.79. The highest BCUT2D eigenvalue weighted by Crippen LogP contribution is 2.29. The van der Waals surface area contributed by atoms with Crippen molar-refractivity contribution in [3.05, 3.63) is 29.0 Å². The van der Waals surface area contributed by atoms with Gasteiger partial charge in [0.05, 0.1) is 16.4 Å². The Morgan fingerprint density at radius 2 is 1.95 bits per heavy atom. The third-order valence-corrected chi connectivity index (χ3v) is 4.72. The number of fused-ring (bicyclic) bond motifs is 1.